The lowest BCUT2D eigenvalue weighted by Crippen LogP contribution is -2.43. The van der Waals surface area contributed by atoms with Gasteiger partial charge in [-0.2, -0.15) is 0 Å². The van der Waals surface area contributed by atoms with Crippen molar-refractivity contribution < 1.29 is 0 Å². The predicted octanol–water partition coefficient (Wildman–Crippen LogP) is 2.43. The molecule has 4 heteroatoms. The number of rotatable bonds is 4. The van der Waals surface area contributed by atoms with E-state index in [4.69, 9.17) is 5.73 Å². The summed E-state index contributed by atoms with van der Waals surface area (Å²) < 4.78 is 2.39. The normalized spacial score (nSPS) is 17.7. The van der Waals surface area contributed by atoms with Gasteiger partial charge in [0.2, 0.25) is 0 Å². The summed E-state index contributed by atoms with van der Waals surface area (Å²) in [5, 5.41) is 1.38. The second kappa shape index (κ2) is 6.41. The SMILES string of the molecule is CC(C)n1cc(CN2CCN(C)CC2)c2ccc(CN)cc21. The summed E-state index contributed by atoms with van der Waals surface area (Å²) in [4.78, 5) is 4.97. The number of likely N-dealkylation sites (N-methyl/N-ethyl adjacent to an activating group) is 1. The molecule has 0 aliphatic carbocycles. The van der Waals surface area contributed by atoms with Crippen LogP contribution in [-0.4, -0.2) is 47.6 Å². The molecule has 1 aliphatic heterocycles. The van der Waals surface area contributed by atoms with Gasteiger partial charge < -0.3 is 15.2 Å². The van der Waals surface area contributed by atoms with Crippen LogP contribution in [0.5, 0.6) is 0 Å². The maximum atomic E-state index is 5.81. The Morgan fingerprint density at radius 2 is 1.86 bits per heavy atom. The van der Waals surface area contributed by atoms with E-state index in [1.165, 1.54) is 35.1 Å². The smallest absolute Gasteiger partial charge is 0.0489 e. The van der Waals surface area contributed by atoms with Crippen molar-refractivity contribution in [3.05, 3.63) is 35.5 Å². The molecule has 1 aromatic heterocycles. The minimum Gasteiger partial charge on any atom is -0.345 e. The summed E-state index contributed by atoms with van der Waals surface area (Å²) >= 11 is 0. The van der Waals surface area contributed by atoms with Crippen LogP contribution in [0, 0.1) is 0 Å². The standard InChI is InChI=1S/C18H28N4/c1-14(2)22-13-16(12-21-8-6-20(3)7-9-21)17-5-4-15(11-19)10-18(17)22/h4-5,10,13-14H,6-9,11-12,19H2,1-3H3. The molecule has 2 heterocycles. The van der Waals surface area contributed by atoms with E-state index in [2.05, 4.69) is 59.7 Å². The third-order valence-corrected chi connectivity index (χ3v) is 4.76. The van der Waals surface area contributed by atoms with Crippen molar-refractivity contribution in [2.24, 2.45) is 5.73 Å². The quantitative estimate of drug-likeness (QED) is 0.942. The van der Waals surface area contributed by atoms with Crippen LogP contribution in [0.1, 0.15) is 31.0 Å². The number of hydrogen-bond donors (Lipinski definition) is 1. The molecular formula is C18H28N4. The Balaban J connectivity index is 1.92. The maximum absolute atomic E-state index is 5.81. The molecule has 0 amide bonds. The second-order valence-electron chi connectivity index (χ2n) is 6.79. The minimum atomic E-state index is 0.469. The first-order chi connectivity index (χ1) is 10.6. The molecule has 1 saturated heterocycles. The molecule has 0 atom stereocenters. The van der Waals surface area contributed by atoms with Gasteiger partial charge in [-0.25, -0.2) is 0 Å². The zero-order valence-electron chi connectivity index (χ0n) is 14.0. The Hall–Kier alpha value is -1.36. The number of hydrogen-bond acceptors (Lipinski definition) is 3. The average Bonchev–Trinajstić information content (AvgIpc) is 2.87. The summed E-state index contributed by atoms with van der Waals surface area (Å²) in [7, 11) is 2.20. The molecule has 1 aromatic carbocycles. The lowest BCUT2D eigenvalue weighted by Gasteiger charge is -2.32. The highest BCUT2D eigenvalue weighted by atomic mass is 15.2. The van der Waals surface area contributed by atoms with Crippen molar-refractivity contribution >= 4 is 10.9 Å². The van der Waals surface area contributed by atoms with Crippen LogP contribution < -0.4 is 5.73 Å². The van der Waals surface area contributed by atoms with Gasteiger partial charge in [0, 0.05) is 62.4 Å². The lowest BCUT2D eigenvalue weighted by molar-refractivity contribution is 0.148. The maximum Gasteiger partial charge on any atom is 0.0489 e. The van der Waals surface area contributed by atoms with Crippen LogP contribution in [0.3, 0.4) is 0 Å². The highest BCUT2D eigenvalue weighted by molar-refractivity contribution is 5.84. The van der Waals surface area contributed by atoms with E-state index in [1.54, 1.807) is 0 Å². The molecule has 0 spiro atoms. The van der Waals surface area contributed by atoms with Crippen LogP contribution in [0.4, 0.5) is 0 Å². The van der Waals surface area contributed by atoms with Gasteiger partial charge in [0.05, 0.1) is 0 Å². The molecule has 1 aliphatic rings. The van der Waals surface area contributed by atoms with Crippen LogP contribution in [-0.2, 0) is 13.1 Å². The molecule has 120 valence electrons. The topological polar surface area (TPSA) is 37.4 Å². The van der Waals surface area contributed by atoms with E-state index in [0.29, 0.717) is 12.6 Å². The number of nitrogens with zero attached hydrogens (tertiary/aromatic N) is 3. The second-order valence-corrected chi connectivity index (χ2v) is 6.79. The number of nitrogens with two attached hydrogens (primary N) is 1. The summed E-state index contributed by atoms with van der Waals surface area (Å²) in [6.45, 7) is 10.8. The Bertz CT molecular complexity index is 636. The molecule has 2 N–H and O–H groups in total. The molecule has 22 heavy (non-hydrogen) atoms. The largest absolute Gasteiger partial charge is 0.345 e. The molecule has 0 saturated carbocycles. The van der Waals surface area contributed by atoms with Crippen molar-refractivity contribution in [3.63, 3.8) is 0 Å². The summed E-state index contributed by atoms with van der Waals surface area (Å²) in [6, 6.07) is 7.14. The van der Waals surface area contributed by atoms with Gasteiger partial charge in [-0.15, -0.1) is 0 Å². The van der Waals surface area contributed by atoms with Crippen LogP contribution in [0.15, 0.2) is 24.4 Å². The van der Waals surface area contributed by atoms with Crippen molar-refractivity contribution in [1.29, 1.82) is 0 Å². The zero-order chi connectivity index (χ0) is 15.7. The van der Waals surface area contributed by atoms with E-state index >= 15 is 0 Å². The van der Waals surface area contributed by atoms with Gasteiger partial charge in [0.25, 0.3) is 0 Å². The monoisotopic (exact) mass is 300 g/mol. The first-order valence-corrected chi connectivity index (χ1v) is 8.32. The van der Waals surface area contributed by atoms with E-state index in [-0.39, 0.29) is 0 Å². The van der Waals surface area contributed by atoms with Crippen molar-refractivity contribution in [3.8, 4) is 0 Å². The fourth-order valence-corrected chi connectivity index (χ4v) is 3.30. The number of benzene rings is 1. The van der Waals surface area contributed by atoms with E-state index in [1.807, 2.05) is 0 Å². The molecule has 0 unspecified atom stereocenters. The van der Waals surface area contributed by atoms with Gasteiger partial charge in [0.15, 0.2) is 0 Å². The molecule has 3 rings (SSSR count). The Kier molecular flexibility index (Phi) is 4.52. The minimum absolute atomic E-state index is 0.469. The third kappa shape index (κ3) is 3.05. The fourth-order valence-electron chi connectivity index (χ4n) is 3.30. The molecule has 2 aromatic rings. The first-order valence-electron chi connectivity index (χ1n) is 8.32. The summed E-state index contributed by atoms with van der Waals surface area (Å²) in [5.41, 5.74) is 9.78. The van der Waals surface area contributed by atoms with E-state index in [0.717, 1.165) is 19.6 Å². The van der Waals surface area contributed by atoms with E-state index < -0.39 is 0 Å². The van der Waals surface area contributed by atoms with Gasteiger partial charge >= 0.3 is 0 Å². The van der Waals surface area contributed by atoms with Crippen molar-refractivity contribution in [1.82, 2.24) is 14.4 Å². The molecule has 1 fully saturated rings. The average molecular weight is 300 g/mol. The Morgan fingerprint density at radius 3 is 2.50 bits per heavy atom. The highest BCUT2D eigenvalue weighted by Crippen LogP contribution is 2.27. The Morgan fingerprint density at radius 1 is 1.14 bits per heavy atom. The number of aromatic nitrogens is 1. The van der Waals surface area contributed by atoms with Gasteiger partial charge in [-0.3, -0.25) is 4.90 Å². The predicted molar refractivity (Wildman–Crippen MR) is 93.0 cm³/mol. The number of fused-ring (bicyclic) bond motifs is 1. The van der Waals surface area contributed by atoms with Crippen molar-refractivity contribution in [2.45, 2.75) is 33.0 Å². The lowest BCUT2D eigenvalue weighted by atomic mass is 10.1. The third-order valence-electron chi connectivity index (χ3n) is 4.76. The Labute approximate surface area is 133 Å². The van der Waals surface area contributed by atoms with Crippen LogP contribution >= 0.6 is 0 Å². The molecule has 0 radical (unpaired) electrons. The molecular weight excluding hydrogens is 272 g/mol. The van der Waals surface area contributed by atoms with Gasteiger partial charge in [-0.1, -0.05) is 12.1 Å². The summed E-state index contributed by atoms with van der Waals surface area (Å²) in [6.07, 6.45) is 2.34. The molecule has 0 bridgehead atoms. The number of piperazine rings is 1. The summed E-state index contributed by atoms with van der Waals surface area (Å²) in [5.74, 6) is 0. The van der Waals surface area contributed by atoms with Crippen LogP contribution in [0.25, 0.3) is 10.9 Å². The highest BCUT2D eigenvalue weighted by Gasteiger charge is 2.17. The molecule has 4 nitrogen and oxygen atoms in total. The first kappa shape index (κ1) is 15.5. The van der Waals surface area contributed by atoms with Crippen molar-refractivity contribution in [2.75, 3.05) is 33.2 Å². The van der Waals surface area contributed by atoms with Crippen LogP contribution in [0.2, 0.25) is 0 Å². The van der Waals surface area contributed by atoms with E-state index in [9.17, 15) is 0 Å². The van der Waals surface area contributed by atoms with Gasteiger partial charge in [-0.05, 0) is 38.1 Å². The van der Waals surface area contributed by atoms with Gasteiger partial charge in [0.1, 0.15) is 0 Å². The fraction of sp³-hybridized carbons (Fsp3) is 0.556. The zero-order valence-corrected chi connectivity index (χ0v) is 14.0.